The molecule has 1 fully saturated rings. The molecule has 3 heterocycles. The molecule has 174 valence electrons. The minimum atomic E-state index is -0.919. The third kappa shape index (κ3) is 4.85. The Labute approximate surface area is 197 Å². The van der Waals surface area contributed by atoms with Crippen molar-refractivity contribution >= 4 is 35.0 Å². The lowest BCUT2D eigenvalue weighted by Crippen LogP contribution is -2.37. The Kier molecular flexibility index (Phi) is 6.93. The molecule has 2 aromatic heterocycles. The summed E-state index contributed by atoms with van der Waals surface area (Å²) in [6.45, 7) is 4.32. The van der Waals surface area contributed by atoms with E-state index < -0.39 is 24.4 Å². The van der Waals surface area contributed by atoms with Gasteiger partial charge in [-0.05, 0) is 69.9 Å². The molecule has 0 spiro atoms. The maximum Gasteiger partial charge on any atom is 0.334 e. The van der Waals surface area contributed by atoms with E-state index in [2.05, 4.69) is 16.7 Å². The largest absolute Gasteiger partial charge is 0.348 e. The summed E-state index contributed by atoms with van der Waals surface area (Å²) in [5.74, 6) is -2.10. The first kappa shape index (κ1) is 23.2. The van der Waals surface area contributed by atoms with E-state index in [1.807, 2.05) is 25.3 Å². The summed E-state index contributed by atoms with van der Waals surface area (Å²) in [4.78, 5) is 53.8. The van der Waals surface area contributed by atoms with E-state index in [1.165, 1.54) is 10.5 Å². The molecule has 2 aliphatic rings. The predicted octanol–water partition coefficient (Wildman–Crippen LogP) is 4.27. The van der Waals surface area contributed by atoms with E-state index in [-0.39, 0.29) is 12.3 Å². The highest BCUT2D eigenvalue weighted by molar-refractivity contribution is 7.09. The Morgan fingerprint density at radius 1 is 1.03 bits per heavy atom. The number of ketones is 1. The molecule has 0 unspecified atom stereocenters. The highest BCUT2D eigenvalue weighted by Crippen LogP contribution is 2.23. The summed E-state index contributed by atoms with van der Waals surface area (Å²) in [6, 6.07) is 5.21. The average Bonchev–Trinajstić information content (AvgIpc) is 3.48. The number of hydrogen-bond acceptors (Lipinski definition) is 5. The van der Waals surface area contributed by atoms with Gasteiger partial charge in [-0.1, -0.05) is 17.7 Å². The van der Waals surface area contributed by atoms with Crippen LogP contribution in [0.4, 0.5) is 4.79 Å². The van der Waals surface area contributed by atoms with E-state index in [9.17, 15) is 19.2 Å². The van der Waals surface area contributed by atoms with Crippen LogP contribution in [0.25, 0.3) is 0 Å². The standard InChI is InChI=1S/C25H29N3O4S/c1-17-15-21(18(2)26(17)13-11-20-9-6-14-33-20)22(29)16-28-24(31)23(30)27(25(28)32)12-10-19-7-4-3-5-8-19/h6-7,9,14-15H,3-5,8,10-13,16H2,1-2H3. The minimum Gasteiger partial charge on any atom is -0.348 e. The lowest BCUT2D eigenvalue weighted by molar-refractivity contribution is -0.143. The average molecular weight is 468 g/mol. The number of hydrogen-bond donors (Lipinski definition) is 0. The van der Waals surface area contributed by atoms with Crippen LogP contribution in [0.3, 0.4) is 0 Å². The normalized spacial score (nSPS) is 16.7. The van der Waals surface area contributed by atoms with Crippen molar-refractivity contribution in [1.82, 2.24) is 14.4 Å². The number of urea groups is 1. The molecule has 0 aromatic carbocycles. The molecule has 2 aromatic rings. The zero-order valence-corrected chi connectivity index (χ0v) is 20.0. The predicted molar refractivity (Wildman–Crippen MR) is 126 cm³/mol. The number of carbonyl (C=O) groups excluding carboxylic acids is 4. The maximum atomic E-state index is 13.0. The summed E-state index contributed by atoms with van der Waals surface area (Å²) in [6.07, 6.45) is 7.86. The first-order chi connectivity index (χ1) is 15.9. The summed E-state index contributed by atoms with van der Waals surface area (Å²) < 4.78 is 2.08. The summed E-state index contributed by atoms with van der Waals surface area (Å²) in [7, 11) is 0. The van der Waals surface area contributed by atoms with Crippen LogP contribution in [0, 0.1) is 13.8 Å². The molecular weight excluding hydrogens is 438 g/mol. The molecule has 0 atom stereocenters. The molecule has 33 heavy (non-hydrogen) atoms. The van der Waals surface area contributed by atoms with Gasteiger partial charge >= 0.3 is 17.8 Å². The number of nitrogens with zero attached hydrogens (tertiary/aromatic N) is 3. The monoisotopic (exact) mass is 467 g/mol. The topological polar surface area (TPSA) is 79.7 Å². The number of amides is 4. The third-order valence-electron chi connectivity index (χ3n) is 6.51. The smallest absolute Gasteiger partial charge is 0.334 e. The number of imide groups is 2. The van der Waals surface area contributed by atoms with Gasteiger partial charge in [0.2, 0.25) is 0 Å². The molecule has 8 heteroatoms. The van der Waals surface area contributed by atoms with Gasteiger partial charge in [-0.15, -0.1) is 11.3 Å². The highest BCUT2D eigenvalue weighted by Gasteiger charge is 2.45. The molecule has 1 aliphatic carbocycles. The lowest BCUT2D eigenvalue weighted by atomic mass is 9.97. The molecular formula is C25H29N3O4S. The van der Waals surface area contributed by atoms with Crippen LogP contribution >= 0.6 is 11.3 Å². The van der Waals surface area contributed by atoms with Crippen LogP contribution in [0.1, 0.15) is 58.7 Å². The molecule has 1 saturated heterocycles. The van der Waals surface area contributed by atoms with Crippen LogP contribution in [0.15, 0.2) is 35.2 Å². The van der Waals surface area contributed by atoms with Crippen LogP contribution in [-0.4, -0.2) is 51.1 Å². The maximum absolute atomic E-state index is 13.0. The molecule has 7 nitrogen and oxygen atoms in total. The van der Waals surface area contributed by atoms with Gasteiger partial charge in [0.05, 0.1) is 6.54 Å². The van der Waals surface area contributed by atoms with Crippen LogP contribution in [-0.2, 0) is 22.6 Å². The fourth-order valence-corrected chi connectivity index (χ4v) is 5.31. The number of aryl methyl sites for hydroxylation is 2. The Morgan fingerprint density at radius 2 is 1.82 bits per heavy atom. The highest BCUT2D eigenvalue weighted by atomic mass is 32.1. The van der Waals surface area contributed by atoms with Crippen molar-refractivity contribution in [2.45, 2.75) is 58.9 Å². The van der Waals surface area contributed by atoms with Crippen molar-refractivity contribution in [3.05, 3.63) is 57.1 Å². The second kappa shape index (κ2) is 9.87. The number of aromatic nitrogens is 1. The van der Waals surface area contributed by atoms with E-state index in [4.69, 9.17) is 0 Å². The first-order valence-electron chi connectivity index (χ1n) is 11.4. The van der Waals surface area contributed by atoms with Crippen molar-refractivity contribution in [3.63, 3.8) is 0 Å². The van der Waals surface area contributed by atoms with Gasteiger partial charge in [-0.2, -0.15) is 0 Å². The number of allylic oxidation sites excluding steroid dienone is 1. The van der Waals surface area contributed by atoms with E-state index in [0.717, 1.165) is 59.8 Å². The summed E-state index contributed by atoms with van der Waals surface area (Å²) in [5.41, 5.74) is 3.46. The Hall–Kier alpha value is -3.00. The van der Waals surface area contributed by atoms with Gasteiger partial charge in [0.25, 0.3) is 0 Å². The molecule has 4 rings (SSSR count). The zero-order valence-electron chi connectivity index (χ0n) is 19.1. The van der Waals surface area contributed by atoms with Gasteiger partial charge in [0.15, 0.2) is 5.78 Å². The van der Waals surface area contributed by atoms with Crippen molar-refractivity contribution in [2.24, 2.45) is 0 Å². The van der Waals surface area contributed by atoms with Gasteiger partial charge in [0, 0.05) is 34.9 Å². The van der Waals surface area contributed by atoms with Crippen molar-refractivity contribution in [1.29, 1.82) is 0 Å². The molecule has 0 bridgehead atoms. The minimum absolute atomic E-state index is 0.178. The van der Waals surface area contributed by atoms with Crippen molar-refractivity contribution in [2.75, 3.05) is 13.1 Å². The number of rotatable bonds is 9. The fraction of sp³-hybridized carbons (Fsp3) is 0.440. The Bertz CT molecular complexity index is 1110. The Morgan fingerprint density at radius 3 is 2.52 bits per heavy atom. The quantitative estimate of drug-likeness (QED) is 0.239. The third-order valence-corrected chi connectivity index (χ3v) is 7.45. The molecule has 4 amide bonds. The van der Waals surface area contributed by atoms with Crippen molar-refractivity contribution in [3.8, 4) is 0 Å². The number of carbonyl (C=O) groups is 4. The second-order valence-corrected chi connectivity index (χ2v) is 9.71. The van der Waals surface area contributed by atoms with Crippen LogP contribution < -0.4 is 0 Å². The van der Waals surface area contributed by atoms with Gasteiger partial charge in [-0.25, -0.2) is 9.69 Å². The Balaban J connectivity index is 1.41. The zero-order chi connectivity index (χ0) is 23.5. The van der Waals surface area contributed by atoms with Crippen molar-refractivity contribution < 1.29 is 19.2 Å². The van der Waals surface area contributed by atoms with E-state index in [1.54, 1.807) is 17.4 Å². The van der Waals surface area contributed by atoms with Crippen LogP contribution in [0.5, 0.6) is 0 Å². The molecule has 0 radical (unpaired) electrons. The first-order valence-corrected chi connectivity index (χ1v) is 12.3. The summed E-state index contributed by atoms with van der Waals surface area (Å²) in [5, 5.41) is 2.04. The van der Waals surface area contributed by atoms with E-state index >= 15 is 0 Å². The van der Waals surface area contributed by atoms with E-state index in [0.29, 0.717) is 12.0 Å². The van der Waals surface area contributed by atoms with Gasteiger partial charge in [0.1, 0.15) is 0 Å². The fourth-order valence-electron chi connectivity index (χ4n) is 4.61. The number of thiophene rings is 1. The molecule has 0 saturated carbocycles. The van der Waals surface area contributed by atoms with Gasteiger partial charge < -0.3 is 4.57 Å². The molecule has 1 aliphatic heterocycles. The molecule has 0 N–H and O–H groups in total. The number of Topliss-reactive ketones (excluding diaryl/α,β-unsaturated/α-hetero) is 1. The van der Waals surface area contributed by atoms with Crippen LogP contribution in [0.2, 0.25) is 0 Å². The summed E-state index contributed by atoms with van der Waals surface area (Å²) >= 11 is 1.70. The van der Waals surface area contributed by atoms with Gasteiger partial charge in [-0.3, -0.25) is 19.3 Å². The SMILES string of the molecule is Cc1cc(C(=O)CN2C(=O)C(=O)N(CCC3=CCCCC3)C2=O)c(C)n1CCc1cccs1. The lowest BCUT2D eigenvalue weighted by Gasteiger charge is -2.17. The second-order valence-electron chi connectivity index (χ2n) is 8.68.